The minimum atomic E-state index is -0.454. The van der Waals surface area contributed by atoms with Crippen molar-refractivity contribution in [2.45, 2.75) is 96.3 Å². The van der Waals surface area contributed by atoms with E-state index in [9.17, 15) is 14.7 Å². The molecule has 1 aromatic carbocycles. The van der Waals surface area contributed by atoms with E-state index in [-0.39, 0.29) is 30.1 Å². The molecule has 1 saturated heterocycles. The van der Waals surface area contributed by atoms with Gasteiger partial charge in [-0.25, -0.2) is 4.79 Å². The minimum Gasteiger partial charge on any atom is -0.495 e. The van der Waals surface area contributed by atoms with Crippen LogP contribution in [0.2, 0.25) is 0 Å². The summed E-state index contributed by atoms with van der Waals surface area (Å²) in [5.41, 5.74) is 5.05. The number of aromatic nitrogens is 3. The molecule has 10 heteroatoms. The highest BCUT2D eigenvalue weighted by Crippen LogP contribution is 2.38. The van der Waals surface area contributed by atoms with Crippen molar-refractivity contribution < 1.29 is 24.2 Å². The molecule has 10 nitrogen and oxygen atoms in total. The van der Waals surface area contributed by atoms with Crippen LogP contribution in [-0.4, -0.2) is 75.7 Å². The molecule has 3 aromatic rings. The highest BCUT2D eigenvalue weighted by Gasteiger charge is 2.36. The van der Waals surface area contributed by atoms with Crippen LogP contribution in [-0.2, 0) is 9.53 Å². The molecule has 0 atom stereocenters. The van der Waals surface area contributed by atoms with Gasteiger partial charge in [0.1, 0.15) is 11.9 Å². The zero-order valence-corrected chi connectivity index (χ0v) is 28.2. The molecule has 3 heterocycles. The van der Waals surface area contributed by atoms with Crippen molar-refractivity contribution >= 4 is 17.7 Å². The van der Waals surface area contributed by atoms with E-state index in [2.05, 4.69) is 49.4 Å². The van der Waals surface area contributed by atoms with Gasteiger partial charge in [-0.3, -0.25) is 14.5 Å². The summed E-state index contributed by atoms with van der Waals surface area (Å²) in [4.78, 5) is 35.2. The first kappa shape index (κ1) is 33.0. The Balaban J connectivity index is 1.15. The van der Waals surface area contributed by atoms with E-state index >= 15 is 0 Å². The van der Waals surface area contributed by atoms with Gasteiger partial charge in [-0.15, -0.1) is 0 Å². The van der Waals surface area contributed by atoms with Gasteiger partial charge in [-0.2, -0.15) is 5.10 Å². The van der Waals surface area contributed by atoms with Crippen LogP contribution in [0.3, 0.4) is 0 Å². The number of hydrogen-bond donors (Lipinski definition) is 1. The second kappa shape index (κ2) is 14.5. The van der Waals surface area contributed by atoms with Gasteiger partial charge >= 0.3 is 6.09 Å². The van der Waals surface area contributed by atoms with Gasteiger partial charge in [0.2, 0.25) is 5.91 Å². The Kier molecular flexibility index (Phi) is 10.2. The summed E-state index contributed by atoms with van der Waals surface area (Å²) in [5.74, 6) is 1.67. The lowest BCUT2D eigenvalue weighted by atomic mass is 9.79. The first-order valence-corrected chi connectivity index (χ1v) is 17.3. The SMILES string of the molecule is COc1ccc(C2CCC(CN(C(=O)C3CCC(OC(=O)N4CC(O)C4)CC3)c3cccc(-c4cnn(C(C)C)c4)c3)CC2)nc1C. The van der Waals surface area contributed by atoms with Crippen molar-refractivity contribution in [2.75, 3.05) is 31.6 Å². The molecule has 6 rings (SSSR count). The van der Waals surface area contributed by atoms with Crippen molar-refractivity contribution in [3.8, 4) is 16.9 Å². The summed E-state index contributed by atoms with van der Waals surface area (Å²) in [6.07, 6.45) is 9.83. The molecule has 2 aliphatic carbocycles. The molecule has 3 aliphatic rings. The molecule has 2 saturated carbocycles. The quantitative estimate of drug-likeness (QED) is 0.283. The fourth-order valence-electron chi connectivity index (χ4n) is 7.32. The highest BCUT2D eigenvalue weighted by atomic mass is 16.6. The van der Waals surface area contributed by atoms with Crippen molar-refractivity contribution in [3.05, 3.63) is 60.2 Å². The number of anilines is 1. The number of β-amino-alcohol motifs (C(OH)–C–C–N with tert-alkyl or cyclic N) is 1. The van der Waals surface area contributed by atoms with E-state index in [4.69, 9.17) is 14.5 Å². The Labute approximate surface area is 278 Å². The number of likely N-dealkylation sites (tertiary alicyclic amines) is 1. The topological polar surface area (TPSA) is 110 Å². The van der Waals surface area contributed by atoms with Gasteiger partial charge in [0.05, 0.1) is 38.2 Å². The zero-order valence-electron chi connectivity index (χ0n) is 28.2. The molecular formula is C37H49N5O5. The second-order valence-electron chi connectivity index (χ2n) is 14.0. The normalized spacial score (nSPS) is 23.3. The number of methoxy groups -OCH3 is 1. The summed E-state index contributed by atoms with van der Waals surface area (Å²) >= 11 is 0. The third-order valence-electron chi connectivity index (χ3n) is 10.3. The Morgan fingerprint density at radius 1 is 1.00 bits per heavy atom. The second-order valence-corrected chi connectivity index (χ2v) is 14.0. The number of aliphatic hydroxyl groups excluding tert-OH is 1. The number of carbonyl (C=O) groups is 2. The van der Waals surface area contributed by atoms with Gasteiger partial charge in [0.25, 0.3) is 0 Å². The molecule has 0 unspecified atom stereocenters. The first-order chi connectivity index (χ1) is 22.7. The number of amides is 2. The monoisotopic (exact) mass is 643 g/mol. The van der Waals surface area contributed by atoms with Crippen LogP contribution in [0.4, 0.5) is 10.5 Å². The summed E-state index contributed by atoms with van der Waals surface area (Å²) < 4.78 is 13.1. The molecule has 1 N–H and O–H groups in total. The number of nitrogens with zero attached hydrogens (tertiary/aromatic N) is 5. The molecule has 47 heavy (non-hydrogen) atoms. The predicted octanol–water partition coefficient (Wildman–Crippen LogP) is 6.52. The fourth-order valence-corrected chi connectivity index (χ4v) is 7.32. The lowest BCUT2D eigenvalue weighted by Gasteiger charge is -2.38. The maximum Gasteiger partial charge on any atom is 0.410 e. The van der Waals surface area contributed by atoms with Gasteiger partial charge in [0, 0.05) is 47.6 Å². The van der Waals surface area contributed by atoms with E-state index < -0.39 is 6.10 Å². The van der Waals surface area contributed by atoms with E-state index in [1.165, 1.54) is 4.90 Å². The van der Waals surface area contributed by atoms with Crippen LogP contribution in [0.1, 0.15) is 88.6 Å². The standard InChI is InChI=1S/C37H49N5O5/c1-24(2)42-21-30(19-38-42)29-6-5-7-31(18-29)41(20-26-8-10-27(11-9-26)34-16-17-35(46-4)25(3)39-34)36(44)28-12-14-33(15-13-28)47-37(45)40-22-32(43)23-40/h5-7,16-19,21,24,26-28,32-33,43H,8-15,20,22-23H2,1-4H3. The van der Waals surface area contributed by atoms with E-state index in [1.807, 2.05) is 34.8 Å². The van der Waals surface area contributed by atoms with Crippen molar-refractivity contribution in [1.82, 2.24) is 19.7 Å². The van der Waals surface area contributed by atoms with Crippen LogP contribution in [0.5, 0.6) is 5.75 Å². The van der Waals surface area contributed by atoms with Gasteiger partial charge in [0.15, 0.2) is 0 Å². The van der Waals surface area contributed by atoms with Crippen LogP contribution >= 0.6 is 0 Å². The molecule has 0 bridgehead atoms. The van der Waals surface area contributed by atoms with Crippen molar-refractivity contribution in [2.24, 2.45) is 11.8 Å². The molecule has 2 amide bonds. The highest BCUT2D eigenvalue weighted by molar-refractivity contribution is 5.95. The van der Waals surface area contributed by atoms with Gasteiger partial charge in [-0.05, 0) is 108 Å². The number of hydrogen-bond acceptors (Lipinski definition) is 7. The fraction of sp³-hybridized carbons (Fsp3) is 0.568. The molecule has 0 radical (unpaired) electrons. The smallest absolute Gasteiger partial charge is 0.410 e. The molecule has 2 aromatic heterocycles. The minimum absolute atomic E-state index is 0.119. The van der Waals surface area contributed by atoms with Crippen LogP contribution < -0.4 is 9.64 Å². The van der Waals surface area contributed by atoms with Crippen LogP contribution in [0.25, 0.3) is 11.1 Å². The summed E-state index contributed by atoms with van der Waals surface area (Å²) in [6.45, 7) is 7.56. The Bertz CT molecular complexity index is 1530. The number of aryl methyl sites for hydroxylation is 1. The molecule has 3 fully saturated rings. The van der Waals surface area contributed by atoms with Gasteiger partial charge in [-0.1, -0.05) is 12.1 Å². The Morgan fingerprint density at radius 3 is 2.38 bits per heavy atom. The number of pyridine rings is 1. The van der Waals surface area contributed by atoms with E-state index in [1.54, 1.807) is 7.11 Å². The Morgan fingerprint density at radius 2 is 1.74 bits per heavy atom. The van der Waals surface area contributed by atoms with Crippen molar-refractivity contribution in [3.63, 3.8) is 0 Å². The maximum atomic E-state index is 14.4. The molecule has 252 valence electrons. The number of aliphatic hydroxyl groups is 1. The largest absolute Gasteiger partial charge is 0.495 e. The first-order valence-electron chi connectivity index (χ1n) is 17.3. The lowest BCUT2D eigenvalue weighted by molar-refractivity contribution is -0.124. The predicted molar refractivity (Wildman–Crippen MR) is 180 cm³/mol. The Hall–Kier alpha value is -3.92. The number of carbonyl (C=O) groups excluding carboxylic acids is 2. The third-order valence-corrected chi connectivity index (χ3v) is 10.3. The van der Waals surface area contributed by atoms with Crippen molar-refractivity contribution in [1.29, 1.82) is 0 Å². The number of benzene rings is 1. The zero-order chi connectivity index (χ0) is 33.1. The van der Waals surface area contributed by atoms with Crippen LogP contribution in [0.15, 0.2) is 48.8 Å². The van der Waals surface area contributed by atoms with E-state index in [0.29, 0.717) is 57.2 Å². The maximum absolute atomic E-state index is 14.4. The number of ether oxygens (including phenoxy) is 2. The summed E-state index contributed by atoms with van der Waals surface area (Å²) in [5, 5.41) is 14.1. The lowest BCUT2D eigenvalue weighted by Crippen LogP contribution is -2.54. The summed E-state index contributed by atoms with van der Waals surface area (Å²) in [6, 6.07) is 12.7. The third kappa shape index (κ3) is 7.64. The number of rotatable bonds is 9. The average Bonchev–Trinajstić information content (AvgIpc) is 3.57. The molecule has 1 aliphatic heterocycles. The average molecular weight is 644 g/mol. The van der Waals surface area contributed by atoms with Gasteiger partial charge < -0.3 is 24.4 Å². The molecular weight excluding hydrogens is 594 g/mol. The summed E-state index contributed by atoms with van der Waals surface area (Å²) in [7, 11) is 1.68. The van der Waals surface area contributed by atoms with Crippen LogP contribution in [0, 0.1) is 18.8 Å². The van der Waals surface area contributed by atoms with E-state index in [0.717, 1.165) is 59.6 Å². The molecule has 0 spiro atoms.